The first kappa shape index (κ1) is 9.45. The number of aryl methyl sites for hydroxylation is 1. The number of ketones is 1. The third-order valence-electron chi connectivity index (χ3n) is 3.32. The summed E-state index contributed by atoms with van der Waals surface area (Å²) < 4.78 is 0. The number of carbonyl (C=O) groups excluding carboxylic acids is 1. The molecule has 1 aromatic rings. The van der Waals surface area contributed by atoms with E-state index < -0.39 is 0 Å². The summed E-state index contributed by atoms with van der Waals surface area (Å²) in [4.78, 5) is 11.1. The van der Waals surface area contributed by atoms with Crippen molar-refractivity contribution in [2.45, 2.75) is 26.2 Å². The van der Waals surface area contributed by atoms with Crippen LogP contribution in [-0.2, 0) is 11.2 Å². The predicted molar refractivity (Wildman–Crippen MR) is 57.0 cm³/mol. The molecule has 0 heterocycles. The van der Waals surface area contributed by atoms with E-state index >= 15 is 0 Å². The molecule has 0 N–H and O–H groups in total. The predicted octanol–water partition coefficient (Wildman–Crippen LogP) is 2.84. The monoisotopic (exact) mass is 188 g/mol. The summed E-state index contributed by atoms with van der Waals surface area (Å²) in [6.07, 6.45) is 3.09. The highest BCUT2D eigenvalue weighted by molar-refractivity contribution is 5.86. The van der Waals surface area contributed by atoms with Gasteiger partial charge in [0, 0.05) is 12.3 Å². The molecule has 0 radical (unpaired) electrons. The van der Waals surface area contributed by atoms with Crippen LogP contribution in [0.1, 0.15) is 25.3 Å². The summed E-state index contributed by atoms with van der Waals surface area (Å²) in [5.41, 5.74) is 1.39. The minimum absolute atomic E-state index is 0.318. The molecule has 2 atom stereocenters. The summed E-state index contributed by atoms with van der Waals surface area (Å²) in [6, 6.07) is 10.5. The molecule has 1 fully saturated rings. The molecule has 0 unspecified atom stereocenters. The summed E-state index contributed by atoms with van der Waals surface area (Å²) in [5.74, 6) is 1.41. The zero-order valence-electron chi connectivity index (χ0n) is 8.57. The van der Waals surface area contributed by atoms with Crippen LogP contribution < -0.4 is 0 Å². The van der Waals surface area contributed by atoms with Crippen molar-refractivity contribution in [3.05, 3.63) is 35.9 Å². The van der Waals surface area contributed by atoms with Crippen molar-refractivity contribution in [1.82, 2.24) is 0 Å². The van der Waals surface area contributed by atoms with Gasteiger partial charge in [0.2, 0.25) is 0 Å². The summed E-state index contributed by atoms with van der Waals surface area (Å²) >= 11 is 0. The third kappa shape index (κ3) is 1.87. The molecule has 0 spiro atoms. The van der Waals surface area contributed by atoms with Gasteiger partial charge in [0.15, 0.2) is 0 Å². The molecule has 0 saturated heterocycles. The maximum absolute atomic E-state index is 11.1. The number of Topliss-reactive ketones (excluding diaryl/α,β-unsaturated/α-hetero) is 1. The number of benzene rings is 1. The minimum atomic E-state index is 0.318. The topological polar surface area (TPSA) is 17.1 Å². The van der Waals surface area contributed by atoms with E-state index in [0.717, 1.165) is 19.3 Å². The summed E-state index contributed by atoms with van der Waals surface area (Å²) in [5, 5.41) is 0. The third-order valence-corrected chi connectivity index (χ3v) is 3.32. The molecule has 0 amide bonds. The molecule has 1 aromatic carbocycles. The Hall–Kier alpha value is -1.11. The number of rotatable bonds is 3. The van der Waals surface area contributed by atoms with Crippen LogP contribution in [0, 0.1) is 11.8 Å². The highest BCUT2D eigenvalue weighted by Gasteiger charge is 2.34. The zero-order chi connectivity index (χ0) is 9.97. The van der Waals surface area contributed by atoms with Crippen molar-refractivity contribution < 1.29 is 4.79 Å². The van der Waals surface area contributed by atoms with E-state index in [1.54, 1.807) is 0 Å². The van der Waals surface area contributed by atoms with Crippen LogP contribution in [0.25, 0.3) is 0 Å². The van der Waals surface area contributed by atoms with Crippen LogP contribution in [0.4, 0.5) is 0 Å². The van der Waals surface area contributed by atoms with Gasteiger partial charge in [-0.1, -0.05) is 37.3 Å². The first-order valence-electron chi connectivity index (χ1n) is 5.34. The Morgan fingerprint density at radius 1 is 1.29 bits per heavy atom. The van der Waals surface area contributed by atoms with Crippen LogP contribution in [0.2, 0.25) is 0 Å². The van der Waals surface area contributed by atoms with E-state index in [1.165, 1.54) is 5.56 Å². The van der Waals surface area contributed by atoms with Gasteiger partial charge < -0.3 is 0 Å². The maximum Gasteiger partial charge on any atom is 0.136 e. The van der Waals surface area contributed by atoms with Gasteiger partial charge in [0.25, 0.3) is 0 Å². The number of carbonyl (C=O) groups is 1. The van der Waals surface area contributed by atoms with E-state index in [1.807, 2.05) is 6.07 Å². The van der Waals surface area contributed by atoms with Crippen molar-refractivity contribution >= 4 is 5.78 Å². The Bertz CT molecular complexity index is 315. The van der Waals surface area contributed by atoms with Crippen molar-refractivity contribution in [2.75, 3.05) is 0 Å². The number of hydrogen-bond donors (Lipinski definition) is 0. The second-order valence-electron chi connectivity index (χ2n) is 4.24. The molecule has 0 bridgehead atoms. The lowest BCUT2D eigenvalue weighted by Gasteiger charge is -2.32. The lowest BCUT2D eigenvalue weighted by Crippen LogP contribution is -2.34. The van der Waals surface area contributed by atoms with Gasteiger partial charge in [-0.05, 0) is 24.3 Å². The SMILES string of the molecule is C[C@H]1C(=O)C[C@@H]1CCc1ccccc1. The van der Waals surface area contributed by atoms with Crippen LogP contribution in [0.15, 0.2) is 30.3 Å². The summed E-state index contributed by atoms with van der Waals surface area (Å²) in [6.45, 7) is 2.06. The molecule has 74 valence electrons. The molecular weight excluding hydrogens is 172 g/mol. The second-order valence-corrected chi connectivity index (χ2v) is 4.24. The first-order valence-corrected chi connectivity index (χ1v) is 5.34. The van der Waals surface area contributed by atoms with E-state index in [0.29, 0.717) is 17.6 Å². The Morgan fingerprint density at radius 3 is 2.57 bits per heavy atom. The molecule has 1 nitrogen and oxygen atoms in total. The molecule has 14 heavy (non-hydrogen) atoms. The molecule has 1 aliphatic carbocycles. The van der Waals surface area contributed by atoms with Gasteiger partial charge >= 0.3 is 0 Å². The Balaban J connectivity index is 1.81. The lowest BCUT2D eigenvalue weighted by molar-refractivity contribution is -0.133. The average Bonchev–Trinajstić information content (AvgIpc) is 2.25. The molecule has 2 rings (SSSR count). The van der Waals surface area contributed by atoms with E-state index in [9.17, 15) is 4.79 Å². The van der Waals surface area contributed by atoms with Crippen LogP contribution in [0.5, 0.6) is 0 Å². The molecule has 1 saturated carbocycles. The molecular formula is C13H16O. The van der Waals surface area contributed by atoms with Gasteiger partial charge in [0.1, 0.15) is 5.78 Å². The Morgan fingerprint density at radius 2 is 2.00 bits per heavy atom. The highest BCUT2D eigenvalue weighted by atomic mass is 16.1. The second kappa shape index (κ2) is 3.95. The minimum Gasteiger partial charge on any atom is -0.299 e. The van der Waals surface area contributed by atoms with Gasteiger partial charge in [-0.15, -0.1) is 0 Å². The smallest absolute Gasteiger partial charge is 0.136 e. The van der Waals surface area contributed by atoms with Gasteiger partial charge in [0.05, 0.1) is 0 Å². The van der Waals surface area contributed by atoms with Crippen molar-refractivity contribution in [2.24, 2.45) is 11.8 Å². The standard InChI is InChI=1S/C13H16O/c1-10-12(9-13(10)14)8-7-11-5-3-2-4-6-11/h2-6,10,12H,7-9H2,1H3/t10-,12+/m1/s1. The normalized spacial score (nSPS) is 25.9. The number of hydrogen-bond acceptors (Lipinski definition) is 1. The first-order chi connectivity index (χ1) is 6.77. The lowest BCUT2D eigenvalue weighted by atomic mass is 9.71. The summed E-state index contributed by atoms with van der Waals surface area (Å²) in [7, 11) is 0. The Labute approximate surface area is 85.1 Å². The highest BCUT2D eigenvalue weighted by Crippen LogP contribution is 2.33. The fraction of sp³-hybridized carbons (Fsp3) is 0.462. The van der Waals surface area contributed by atoms with Crippen LogP contribution >= 0.6 is 0 Å². The quantitative estimate of drug-likeness (QED) is 0.712. The van der Waals surface area contributed by atoms with E-state index in [4.69, 9.17) is 0 Å². The van der Waals surface area contributed by atoms with Gasteiger partial charge in [-0.25, -0.2) is 0 Å². The van der Waals surface area contributed by atoms with Crippen molar-refractivity contribution in [3.8, 4) is 0 Å². The van der Waals surface area contributed by atoms with Crippen molar-refractivity contribution in [3.63, 3.8) is 0 Å². The van der Waals surface area contributed by atoms with Crippen LogP contribution in [0.3, 0.4) is 0 Å². The molecule has 1 heteroatoms. The fourth-order valence-electron chi connectivity index (χ4n) is 2.07. The average molecular weight is 188 g/mol. The van der Waals surface area contributed by atoms with E-state index in [-0.39, 0.29) is 0 Å². The van der Waals surface area contributed by atoms with Gasteiger partial charge in [-0.3, -0.25) is 4.79 Å². The van der Waals surface area contributed by atoms with E-state index in [2.05, 4.69) is 31.2 Å². The van der Waals surface area contributed by atoms with Gasteiger partial charge in [-0.2, -0.15) is 0 Å². The Kier molecular flexibility index (Phi) is 2.67. The van der Waals surface area contributed by atoms with Crippen molar-refractivity contribution in [1.29, 1.82) is 0 Å². The fourth-order valence-corrected chi connectivity index (χ4v) is 2.07. The largest absolute Gasteiger partial charge is 0.299 e. The maximum atomic E-state index is 11.1. The zero-order valence-corrected chi connectivity index (χ0v) is 8.57. The van der Waals surface area contributed by atoms with Crippen LogP contribution in [-0.4, -0.2) is 5.78 Å². The molecule has 1 aliphatic rings. The molecule has 0 aliphatic heterocycles. The molecule has 0 aromatic heterocycles.